The van der Waals surface area contributed by atoms with Crippen molar-refractivity contribution in [3.8, 4) is 6.07 Å². The summed E-state index contributed by atoms with van der Waals surface area (Å²) in [6, 6.07) is 12.7. The van der Waals surface area contributed by atoms with Gasteiger partial charge in [0.1, 0.15) is 16.9 Å². The lowest BCUT2D eigenvalue weighted by atomic mass is 10.0. The molecular weight excluding hydrogens is 354 g/mol. The van der Waals surface area contributed by atoms with Crippen LogP contribution in [0.4, 0.5) is 11.5 Å². The summed E-state index contributed by atoms with van der Waals surface area (Å²) in [4.78, 5) is 10.7. The van der Waals surface area contributed by atoms with Gasteiger partial charge in [-0.1, -0.05) is 37.3 Å². The molecule has 0 atom stereocenters. The monoisotopic (exact) mass is 377 g/mol. The molecule has 138 valence electrons. The molecule has 5 nitrogen and oxygen atoms in total. The molecule has 2 aromatic rings. The number of anilines is 1. The van der Waals surface area contributed by atoms with Crippen LogP contribution in [0.15, 0.2) is 35.4 Å². The van der Waals surface area contributed by atoms with Crippen LogP contribution in [0.1, 0.15) is 36.5 Å². The molecule has 1 aromatic heterocycles. The molecule has 1 fully saturated rings. The number of aromatic nitrogens is 1. The van der Waals surface area contributed by atoms with Crippen molar-refractivity contribution in [3.63, 3.8) is 0 Å². The fraction of sp³-hybridized carbons (Fsp3) is 0.381. The Morgan fingerprint density at radius 1 is 1.33 bits per heavy atom. The quantitative estimate of drug-likeness (QED) is 0.622. The first-order valence-corrected chi connectivity index (χ1v) is 10.2. The van der Waals surface area contributed by atoms with Gasteiger partial charge in [-0.25, -0.2) is 9.83 Å². The van der Waals surface area contributed by atoms with E-state index in [4.69, 9.17) is 17.3 Å². The Labute approximate surface area is 165 Å². The zero-order valence-corrected chi connectivity index (χ0v) is 16.3. The summed E-state index contributed by atoms with van der Waals surface area (Å²) in [7, 11) is 0. The number of hydrogen-bond donors (Lipinski definition) is 1. The first-order valence-electron chi connectivity index (χ1n) is 9.19. The van der Waals surface area contributed by atoms with Gasteiger partial charge >= 0.3 is 0 Å². The molecule has 0 aliphatic carbocycles. The third-order valence-corrected chi connectivity index (χ3v) is 5.90. The van der Waals surface area contributed by atoms with Gasteiger partial charge in [-0.15, -0.1) is 11.8 Å². The molecule has 6 heteroatoms. The third-order valence-electron chi connectivity index (χ3n) is 4.86. The van der Waals surface area contributed by atoms with E-state index in [0.717, 1.165) is 42.3 Å². The zero-order chi connectivity index (χ0) is 19.2. The molecule has 0 saturated carbocycles. The van der Waals surface area contributed by atoms with Crippen LogP contribution in [0, 0.1) is 17.9 Å². The molecule has 27 heavy (non-hydrogen) atoms. The standard InChI is InChI=1S/C21H23N5S/c1-3-17-18(13-22)21(27-14-15-7-5-4-6-8-15)25-20(19(17)24-2)26-11-9-16(23)10-12-26/h4-8,16H,3,9-12,14,23H2,1H3. The van der Waals surface area contributed by atoms with Crippen LogP contribution in [0.3, 0.4) is 0 Å². The van der Waals surface area contributed by atoms with E-state index in [1.807, 2.05) is 25.1 Å². The second-order valence-electron chi connectivity index (χ2n) is 6.62. The Kier molecular flexibility index (Phi) is 6.34. The van der Waals surface area contributed by atoms with Gasteiger partial charge in [-0.3, -0.25) is 0 Å². The third kappa shape index (κ3) is 4.24. The van der Waals surface area contributed by atoms with Crippen LogP contribution in [0.2, 0.25) is 0 Å². The molecule has 1 aliphatic rings. The Morgan fingerprint density at radius 3 is 2.63 bits per heavy atom. The van der Waals surface area contributed by atoms with Gasteiger partial charge in [0, 0.05) is 24.9 Å². The summed E-state index contributed by atoms with van der Waals surface area (Å²) in [6.07, 6.45) is 2.43. The Bertz CT molecular complexity index is 874. The normalized spacial score (nSPS) is 14.6. The van der Waals surface area contributed by atoms with E-state index in [1.165, 1.54) is 5.56 Å². The highest BCUT2D eigenvalue weighted by atomic mass is 32.2. The summed E-state index contributed by atoms with van der Waals surface area (Å²) in [5, 5.41) is 10.5. The lowest BCUT2D eigenvalue weighted by Gasteiger charge is -2.32. The second kappa shape index (κ2) is 8.90. The Hall–Kier alpha value is -2.54. The van der Waals surface area contributed by atoms with E-state index in [2.05, 4.69) is 27.9 Å². The average molecular weight is 378 g/mol. The lowest BCUT2D eigenvalue weighted by Crippen LogP contribution is -2.40. The van der Waals surface area contributed by atoms with Crippen LogP contribution in [0.5, 0.6) is 0 Å². The van der Waals surface area contributed by atoms with E-state index in [-0.39, 0.29) is 6.04 Å². The first kappa shape index (κ1) is 19.2. The summed E-state index contributed by atoms with van der Waals surface area (Å²) in [5.74, 6) is 1.45. The van der Waals surface area contributed by atoms with Crippen LogP contribution >= 0.6 is 11.8 Å². The van der Waals surface area contributed by atoms with Gasteiger partial charge in [0.15, 0.2) is 0 Å². The number of nitrogens with two attached hydrogens (primary N) is 1. The Balaban J connectivity index is 2.00. The van der Waals surface area contributed by atoms with Gasteiger partial charge in [-0.05, 0) is 30.4 Å². The molecule has 2 heterocycles. The van der Waals surface area contributed by atoms with Crippen molar-refractivity contribution in [1.82, 2.24) is 4.98 Å². The van der Waals surface area contributed by atoms with E-state index < -0.39 is 0 Å². The number of thioether (sulfide) groups is 1. The van der Waals surface area contributed by atoms with Crippen molar-refractivity contribution >= 4 is 23.3 Å². The molecule has 1 saturated heterocycles. The van der Waals surface area contributed by atoms with Crippen molar-refractivity contribution < 1.29 is 0 Å². The maximum Gasteiger partial charge on any atom is 0.232 e. The van der Waals surface area contributed by atoms with Gasteiger partial charge in [-0.2, -0.15) is 5.26 Å². The molecule has 0 amide bonds. The summed E-state index contributed by atoms with van der Waals surface area (Å²) < 4.78 is 0. The van der Waals surface area contributed by atoms with Gasteiger partial charge in [0.25, 0.3) is 0 Å². The summed E-state index contributed by atoms with van der Waals surface area (Å²) >= 11 is 1.56. The van der Waals surface area contributed by atoms with Crippen molar-refractivity contribution in [3.05, 3.63) is 58.4 Å². The number of benzene rings is 1. The maximum absolute atomic E-state index is 9.75. The van der Waals surface area contributed by atoms with Gasteiger partial charge < -0.3 is 10.6 Å². The minimum absolute atomic E-state index is 0.216. The number of hydrogen-bond acceptors (Lipinski definition) is 5. The average Bonchev–Trinajstić information content (AvgIpc) is 2.72. The minimum Gasteiger partial charge on any atom is -0.365 e. The van der Waals surface area contributed by atoms with Crippen LogP contribution in [-0.4, -0.2) is 24.1 Å². The number of nitriles is 1. The first-order chi connectivity index (χ1) is 13.2. The molecule has 0 spiro atoms. The Morgan fingerprint density at radius 2 is 2.04 bits per heavy atom. The van der Waals surface area contributed by atoms with E-state index >= 15 is 0 Å². The fourth-order valence-corrected chi connectivity index (χ4v) is 4.29. The van der Waals surface area contributed by atoms with Gasteiger partial charge in [0.05, 0.1) is 12.1 Å². The number of pyridine rings is 1. The van der Waals surface area contributed by atoms with Gasteiger partial charge in [0.2, 0.25) is 5.69 Å². The van der Waals surface area contributed by atoms with Crippen molar-refractivity contribution in [1.29, 1.82) is 5.26 Å². The van der Waals surface area contributed by atoms with E-state index in [9.17, 15) is 5.26 Å². The lowest BCUT2D eigenvalue weighted by molar-refractivity contribution is 0.498. The maximum atomic E-state index is 9.75. The molecule has 1 aliphatic heterocycles. The van der Waals surface area contributed by atoms with Crippen molar-refractivity contribution in [2.24, 2.45) is 5.73 Å². The number of piperidine rings is 1. The molecule has 2 N–H and O–H groups in total. The largest absolute Gasteiger partial charge is 0.365 e. The molecule has 0 radical (unpaired) electrons. The van der Waals surface area contributed by atoms with Crippen LogP contribution in [-0.2, 0) is 12.2 Å². The highest BCUT2D eigenvalue weighted by Gasteiger charge is 2.25. The highest BCUT2D eigenvalue weighted by molar-refractivity contribution is 7.98. The molecule has 3 rings (SSSR count). The molecule has 0 unspecified atom stereocenters. The smallest absolute Gasteiger partial charge is 0.232 e. The number of rotatable bonds is 5. The predicted molar refractivity (Wildman–Crippen MR) is 110 cm³/mol. The van der Waals surface area contributed by atoms with Crippen LogP contribution in [0.25, 0.3) is 4.85 Å². The van der Waals surface area contributed by atoms with Crippen molar-refractivity contribution in [2.75, 3.05) is 18.0 Å². The predicted octanol–water partition coefficient (Wildman–Crippen LogP) is 4.29. The van der Waals surface area contributed by atoms with E-state index in [0.29, 0.717) is 23.5 Å². The van der Waals surface area contributed by atoms with Crippen molar-refractivity contribution in [2.45, 2.75) is 43.0 Å². The minimum atomic E-state index is 0.216. The SMILES string of the molecule is [C-]#[N+]c1c(N2CCC(N)CC2)nc(SCc2ccccc2)c(C#N)c1CC. The molecule has 0 bridgehead atoms. The highest BCUT2D eigenvalue weighted by Crippen LogP contribution is 2.39. The second-order valence-corrected chi connectivity index (χ2v) is 7.58. The van der Waals surface area contributed by atoms with Crippen LogP contribution < -0.4 is 10.6 Å². The summed E-state index contributed by atoms with van der Waals surface area (Å²) in [5.41, 5.74) is 9.09. The zero-order valence-electron chi connectivity index (χ0n) is 15.5. The molecular formula is C21H23N5S. The topological polar surface area (TPSA) is 70.3 Å². The molecule has 1 aromatic carbocycles. The van der Waals surface area contributed by atoms with E-state index in [1.54, 1.807) is 11.8 Å². The summed E-state index contributed by atoms with van der Waals surface area (Å²) in [6.45, 7) is 11.3. The fourth-order valence-electron chi connectivity index (χ4n) is 3.33. The number of nitrogens with zero attached hydrogens (tertiary/aromatic N) is 4.